The average molecular weight is 790 g/mol. The summed E-state index contributed by atoms with van der Waals surface area (Å²) in [6.45, 7) is 13.1. The van der Waals surface area contributed by atoms with E-state index in [0.29, 0.717) is 19.0 Å². The molecule has 2 saturated heterocycles. The van der Waals surface area contributed by atoms with Gasteiger partial charge in [-0.2, -0.15) is 0 Å². The van der Waals surface area contributed by atoms with E-state index in [0.717, 1.165) is 68.6 Å². The number of H-pyrrole nitrogens is 2. The third-order valence-electron chi connectivity index (χ3n) is 11.7. The number of rotatable bonds is 10. The lowest BCUT2D eigenvalue weighted by molar-refractivity contribution is -0.136. The van der Waals surface area contributed by atoms with E-state index < -0.39 is 24.3 Å². The van der Waals surface area contributed by atoms with Gasteiger partial charge in [0, 0.05) is 29.7 Å². The van der Waals surface area contributed by atoms with Crippen molar-refractivity contribution >= 4 is 45.9 Å². The van der Waals surface area contributed by atoms with Crippen LogP contribution in [0.25, 0.3) is 44.2 Å². The Morgan fingerprint density at radius 1 is 0.655 bits per heavy atom. The molecule has 2 aliphatic heterocycles. The largest absolute Gasteiger partial charge is 0.453 e. The van der Waals surface area contributed by atoms with Gasteiger partial charge in [0.1, 0.15) is 17.9 Å². The van der Waals surface area contributed by atoms with Crippen LogP contribution in [0.4, 0.5) is 9.59 Å². The van der Waals surface area contributed by atoms with Crippen LogP contribution in [0.1, 0.15) is 78.0 Å². The van der Waals surface area contributed by atoms with E-state index in [1.807, 2.05) is 43.6 Å². The fourth-order valence-corrected chi connectivity index (χ4v) is 8.63. The number of nitrogens with zero attached hydrogens (tertiary/aromatic N) is 3. The van der Waals surface area contributed by atoms with Gasteiger partial charge in [0.25, 0.3) is 0 Å². The van der Waals surface area contributed by atoms with E-state index in [4.69, 9.17) is 14.5 Å². The molecule has 0 saturated carbocycles. The van der Waals surface area contributed by atoms with Gasteiger partial charge in [0.05, 0.1) is 37.3 Å². The number of hydrogen-bond donors (Lipinski definition) is 4. The molecule has 0 aliphatic carbocycles. The average Bonchev–Trinajstić information content (AvgIpc) is 4.01. The van der Waals surface area contributed by atoms with Gasteiger partial charge in [-0.3, -0.25) is 9.59 Å². The first kappa shape index (κ1) is 40.4. The van der Waals surface area contributed by atoms with Gasteiger partial charge in [-0.1, -0.05) is 77.9 Å². The quantitative estimate of drug-likeness (QED) is 0.112. The number of likely N-dealkylation sites (tertiary alicyclic amines) is 2. The number of benzene rings is 3. The van der Waals surface area contributed by atoms with Crippen molar-refractivity contribution < 1.29 is 28.7 Å². The number of alkyl carbamates (subject to hydrolysis) is 2. The predicted molar refractivity (Wildman–Crippen MR) is 224 cm³/mol. The number of aromatic amines is 2. The number of imidazole rings is 1. The van der Waals surface area contributed by atoms with Crippen molar-refractivity contribution in [3.63, 3.8) is 0 Å². The summed E-state index contributed by atoms with van der Waals surface area (Å²) in [5.74, 6) is 0.876. The Hall–Kier alpha value is -5.85. The third-order valence-corrected chi connectivity index (χ3v) is 11.7. The summed E-state index contributed by atoms with van der Waals surface area (Å²) in [6, 6.07) is 21.5. The van der Waals surface area contributed by atoms with Crippen LogP contribution < -0.4 is 10.6 Å². The van der Waals surface area contributed by atoms with E-state index >= 15 is 0 Å². The second kappa shape index (κ2) is 16.6. The zero-order valence-electron chi connectivity index (χ0n) is 34.6. The number of aromatic nitrogens is 3. The molecule has 306 valence electrons. The van der Waals surface area contributed by atoms with Crippen molar-refractivity contribution in [3.05, 3.63) is 78.2 Å². The number of carbonyl (C=O) groups is 4. The van der Waals surface area contributed by atoms with Gasteiger partial charge in [0.15, 0.2) is 0 Å². The van der Waals surface area contributed by atoms with Crippen LogP contribution in [0, 0.1) is 23.7 Å². The van der Waals surface area contributed by atoms with Crippen LogP contribution >= 0.6 is 0 Å². The van der Waals surface area contributed by atoms with Crippen LogP contribution in [0.5, 0.6) is 0 Å². The van der Waals surface area contributed by atoms with Crippen LogP contribution in [-0.2, 0) is 19.1 Å². The van der Waals surface area contributed by atoms with E-state index in [9.17, 15) is 19.2 Å². The zero-order chi connectivity index (χ0) is 41.4. The molecular formula is C45H55N7O6. The molecule has 0 unspecified atom stereocenters. The third kappa shape index (κ3) is 8.12. The molecule has 5 aromatic rings. The molecule has 2 aliphatic rings. The molecule has 13 heteroatoms. The zero-order valence-corrected chi connectivity index (χ0v) is 34.6. The number of fused-ring (bicyclic) bond motifs is 2. The molecule has 3 aromatic carbocycles. The van der Waals surface area contributed by atoms with Gasteiger partial charge in [-0.15, -0.1) is 0 Å². The predicted octanol–water partition coefficient (Wildman–Crippen LogP) is 7.96. The van der Waals surface area contributed by atoms with Gasteiger partial charge in [-0.25, -0.2) is 14.6 Å². The summed E-state index contributed by atoms with van der Waals surface area (Å²) in [5.41, 5.74) is 7.97. The Kier molecular flexibility index (Phi) is 11.5. The molecule has 2 fully saturated rings. The summed E-state index contributed by atoms with van der Waals surface area (Å²) in [7, 11) is 2.60. The molecule has 0 bridgehead atoms. The maximum absolute atomic E-state index is 13.8. The molecule has 4 N–H and O–H groups in total. The van der Waals surface area contributed by atoms with Crippen LogP contribution in [0.2, 0.25) is 0 Å². The van der Waals surface area contributed by atoms with Crippen molar-refractivity contribution in [1.29, 1.82) is 0 Å². The highest BCUT2D eigenvalue weighted by atomic mass is 16.5. The Morgan fingerprint density at radius 3 is 1.71 bits per heavy atom. The molecule has 2 aromatic heterocycles. The second-order valence-corrected chi connectivity index (χ2v) is 16.9. The first-order valence-electron chi connectivity index (χ1n) is 20.3. The highest BCUT2D eigenvalue weighted by molar-refractivity contribution is 5.89. The Morgan fingerprint density at radius 2 is 1.16 bits per heavy atom. The summed E-state index contributed by atoms with van der Waals surface area (Å²) < 4.78 is 9.60. The second-order valence-electron chi connectivity index (χ2n) is 16.9. The standard InChI is InChI=1S/C45H55N7O6/c1-24(2)39(49-44(55)57-7)42(53)51-22-26(5)17-37(51)36-21-32-19-30(13-15-33(32)46-36)28-9-11-29(12-10-28)31-14-16-34-35(20-31)48-41(47-34)38-18-27(6)23-52(38)43(54)40(25(3)4)50-45(56)58-8/h9-16,19-21,24-27,37-40,46H,17-18,22-23H2,1-8H3,(H,47,48)(H,49,55)(H,50,56)/t26-,27-,37+,38-,39-,40-/m0/s1. The van der Waals surface area contributed by atoms with Gasteiger partial charge in [0.2, 0.25) is 11.8 Å². The van der Waals surface area contributed by atoms with E-state index in [2.05, 4.69) is 95.1 Å². The SMILES string of the molecule is COC(=O)N[C@H](C(=O)N1C[C@@H](C)C[C@@H]1c1cc2cc(-c3ccc(-c4ccc5nc([C@@H]6C[C@H](C)CN6C(=O)[C@@H](NC(=O)OC)C(C)C)[nH]c5c4)cc3)ccc2[nH]1)C(C)C. The maximum atomic E-state index is 13.8. The smallest absolute Gasteiger partial charge is 0.407 e. The molecule has 4 amide bonds. The van der Waals surface area contributed by atoms with Crippen molar-refractivity contribution in [3.8, 4) is 22.3 Å². The highest BCUT2D eigenvalue weighted by Crippen LogP contribution is 2.39. The summed E-state index contributed by atoms with van der Waals surface area (Å²) in [6.07, 6.45) is 0.362. The summed E-state index contributed by atoms with van der Waals surface area (Å²) in [5, 5.41) is 6.53. The van der Waals surface area contributed by atoms with Crippen LogP contribution in [-0.4, -0.2) is 88.1 Å². The topological polar surface area (TPSA) is 162 Å². The monoisotopic (exact) mass is 789 g/mol. The molecule has 4 heterocycles. The fourth-order valence-electron chi connectivity index (χ4n) is 8.63. The highest BCUT2D eigenvalue weighted by Gasteiger charge is 2.41. The number of nitrogens with one attached hydrogen (secondary N) is 4. The Bertz CT molecular complexity index is 2150. The maximum Gasteiger partial charge on any atom is 0.407 e. The lowest BCUT2D eigenvalue weighted by atomic mass is 9.99. The first-order chi connectivity index (χ1) is 27.7. The van der Waals surface area contributed by atoms with E-state index in [1.54, 1.807) is 0 Å². The minimum Gasteiger partial charge on any atom is -0.453 e. The number of ether oxygens (including phenoxy) is 2. The molecular weight excluding hydrogens is 735 g/mol. The normalized spacial score (nSPS) is 20.5. The Labute approximate surface area is 339 Å². The van der Waals surface area contributed by atoms with Crippen LogP contribution in [0.3, 0.4) is 0 Å². The van der Waals surface area contributed by atoms with Crippen molar-refractivity contribution in [2.24, 2.45) is 23.7 Å². The Balaban J connectivity index is 1.08. The minimum atomic E-state index is -0.701. The number of carbonyl (C=O) groups excluding carboxylic acids is 4. The molecule has 7 rings (SSSR count). The van der Waals surface area contributed by atoms with E-state index in [1.165, 1.54) is 14.2 Å². The lowest BCUT2D eigenvalue weighted by Crippen LogP contribution is -2.51. The molecule has 0 spiro atoms. The van der Waals surface area contributed by atoms with Crippen molar-refractivity contribution in [1.82, 2.24) is 35.4 Å². The molecule has 6 atom stereocenters. The van der Waals surface area contributed by atoms with Gasteiger partial charge < -0.3 is 39.9 Å². The molecule has 0 radical (unpaired) electrons. The number of methoxy groups -OCH3 is 2. The number of hydrogen-bond acceptors (Lipinski definition) is 7. The summed E-state index contributed by atoms with van der Waals surface area (Å²) in [4.78, 5) is 67.5. The minimum absolute atomic E-state index is 0.0977. The van der Waals surface area contributed by atoms with Gasteiger partial charge in [-0.05, 0) is 89.1 Å². The fraction of sp³-hybridized carbons (Fsp3) is 0.444. The first-order valence-corrected chi connectivity index (χ1v) is 20.3. The van der Waals surface area contributed by atoms with E-state index in [-0.39, 0.29) is 41.7 Å². The van der Waals surface area contributed by atoms with Crippen LogP contribution in [0.15, 0.2) is 66.7 Å². The van der Waals surface area contributed by atoms with Gasteiger partial charge >= 0.3 is 12.2 Å². The molecule has 13 nitrogen and oxygen atoms in total. The van der Waals surface area contributed by atoms with Crippen molar-refractivity contribution in [2.75, 3.05) is 27.3 Å². The molecule has 58 heavy (non-hydrogen) atoms. The lowest BCUT2D eigenvalue weighted by Gasteiger charge is -2.30. The van der Waals surface area contributed by atoms with Crippen molar-refractivity contribution in [2.45, 2.75) is 78.6 Å². The summed E-state index contributed by atoms with van der Waals surface area (Å²) >= 11 is 0. The number of amides is 4.